The maximum Gasteiger partial charge on any atom is 0.347 e. The lowest BCUT2D eigenvalue weighted by molar-refractivity contribution is -0.181. The molecule has 0 aromatic heterocycles. The fraction of sp³-hybridized carbons (Fsp3) is 0.719. The highest BCUT2D eigenvalue weighted by molar-refractivity contribution is 6.23. The number of ether oxygens (including phenoxy) is 3. The van der Waals surface area contributed by atoms with Crippen LogP contribution in [-0.2, 0) is 23.8 Å². The van der Waals surface area contributed by atoms with Crippen LogP contribution < -0.4 is 0 Å². The molecule has 2 aliphatic heterocycles. The summed E-state index contributed by atoms with van der Waals surface area (Å²) in [5.41, 5.74) is -8.60. The van der Waals surface area contributed by atoms with E-state index in [0.29, 0.717) is 5.56 Å². The molecule has 2 heterocycles. The predicted octanol–water partition coefficient (Wildman–Crippen LogP) is 6.41. The Morgan fingerprint density at radius 3 is 1.58 bits per heavy atom. The average Bonchev–Trinajstić information content (AvgIpc) is 3.48. The molecule has 1 aromatic carbocycles. The van der Waals surface area contributed by atoms with Crippen molar-refractivity contribution in [1.29, 1.82) is 0 Å². The van der Waals surface area contributed by atoms with E-state index in [1.54, 1.807) is 52.0 Å². The van der Waals surface area contributed by atoms with Gasteiger partial charge in [-0.25, -0.2) is 4.79 Å². The van der Waals surface area contributed by atoms with Gasteiger partial charge in [-0.2, -0.15) is 0 Å². The number of hydrogen-bond acceptors (Lipinski definition) is 6. The zero-order valence-electron chi connectivity index (χ0n) is 25.5. The Kier molecular flexibility index (Phi) is 5.68. The molecule has 210 valence electrons. The molecule has 0 spiro atoms. The van der Waals surface area contributed by atoms with Gasteiger partial charge >= 0.3 is 11.9 Å². The van der Waals surface area contributed by atoms with Gasteiger partial charge < -0.3 is 14.2 Å². The highest BCUT2D eigenvalue weighted by atomic mass is 16.6. The molecule has 3 atom stereocenters. The Labute approximate surface area is 228 Å². The number of rotatable bonds is 5. The second kappa shape index (κ2) is 7.50. The topological polar surface area (TPSA) is 78.9 Å². The molecule has 6 heteroatoms. The van der Waals surface area contributed by atoms with Gasteiger partial charge in [0.05, 0.1) is 12.2 Å². The van der Waals surface area contributed by atoms with Gasteiger partial charge in [0.25, 0.3) is 0 Å². The molecule has 38 heavy (non-hydrogen) atoms. The Morgan fingerprint density at radius 2 is 1.21 bits per heavy atom. The van der Waals surface area contributed by atoms with Crippen molar-refractivity contribution in [2.45, 2.75) is 107 Å². The lowest BCUT2D eigenvalue weighted by Gasteiger charge is -2.46. The number of carbonyl (C=O) groups excluding carboxylic acids is 3. The summed E-state index contributed by atoms with van der Waals surface area (Å²) < 4.78 is 19.0. The van der Waals surface area contributed by atoms with Crippen molar-refractivity contribution < 1.29 is 28.6 Å². The quantitative estimate of drug-likeness (QED) is 0.251. The summed E-state index contributed by atoms with van der Waals surface area (Å²) in [6, 6.07) is 8.63. The Morgan fingerprint density at radius 1 is 0.737 bits per heavy atom. The van der Waals surface area contributed by atoms with Gasteiger partial charge in [0.2, 0.25) is 11.4 Å². The molecule has 2 saturated carbocycles. The molecule has 0 amide bonds. The van der Waals surface area contributed by atoms with Crippen LogP contribution in [0.2, 0.25) is 0 Å². The van der Waals surface area contributed by atoms with E-state index in [0.717, 1.165) is 0 Å². The summed E-state index contributed by atoms with van der Waals surface area (Å²) in [5, 5.41) is 0. The maximum atomic E-state index is 14.8. The molecule has 2 bridgehead atoms. The normalized spacial score (nSPS) is 35.8. The average molecular weight is 527 g/mol. The van der Waals surface area contributed by atoms with Crippen LogP contribution in [0.25, 0.3) is 0 Å². The number of Topliss-reactive ketones (excluding diaryl/α,β-unsaturated/α-hetero) is 1. The van der Waals surface area contributed by atoms with Crippen molar-refractivity contribution in [2.24, 2.45) is 32.5 Å². The Hall–Kier alpha value is -2.21. The van der Waals surface area contributed by atoms with Crippen LogP contribution in [0.1, 0.15) is 100 Å². The highest BCUT2D eigenvalue weighted by Gasteiger charge is 3.29. The summed E-state index contributed by atoms with van der Waals surface area (Å²) in [5.74, 6) is -1.93. The first kappa shape index (κ1) is 28.8. The third-order valence-electron chi connectivity index (χ3n) is 9.38. The molecule has 1 aromatic rings. The third-order valence-corrected chi connectivity index (χ3v) is 9.38. The minimum Gasteiger partial charge on any atom is -0.463 e. The number of fused-ring (bicyclic) bond motifs is 1. The number of carbonyl (C=O) groups is 3. The molecule has 2 unspecified atom stereocenters. The minimum absolute atomic E-state index is 0.0456. The standard InChI is InChI=1S/C32H46O6/c1-14-36-22(34)28(21(33)20-18-16-15-17-19-20)29(23(35)37-27(11,12)13)30(24(2,3)4)31(29,25(5,6)7)32(30,38-28)26(8,9)10/h15-19H,14H2,1-13H3/t28-,29?,30?,31?,32?/m0/s1. The van der Waals surface area contributed by atoms with E-state index >= 15 is 0 Å². The van der Waals surface area contributed by atoms with Gasteiger partial charge in [-0.3, -0.25) is 9.59 Å². The van der Waals surface area contributed by atoms with E-state index in [4.69, 9.17) is 14.2 Å². The fourth-order valence-electron chi connectivity index (χ4n) is 9.47. The molecular formula is C32H46O6. The van der Waals surface area contributed by atoms with E-state index < -0.39 is 67.0 Å². The van der Waals surface area contributed by atoms with Crippen molar-refractivity contribution in [3.63, 3.8) is 0 Å². The molecular weight excluding hydrogens is 480 g/mol. The van der Waals surface area contributed by atoms with Crippen molar-refractivity contribution in [3.05, 3.63) is 35.9 Å². The van der Waals surface area contributed by atoms with E-state index in [1.807, 2.05) is 6.07 Å². The van der Waals surface area contributed by atoms with Gasteiger partial charge in [-0.05, 0) is 43.9 Å². The van der Waals surface area contributed by atoms with Crippen LogP contribution in [0.5, 0.6) is 0 Å². The Bertz CT molecular complexity index is 1160. The highest BCUT2D eigenvalue weighted by Crippen LogP contribution is 3.17. The lowest BCUT2D eigenvalue weighted by Crippen LogP contribution is -2.61. The van der Waals surface area contributed by atoms with Crippen molar-refractivity contribution >= 4 is 17.7 Å². The summed E-state index contributed by atoms with van der Waals surface area (Å²) in [6.45, 7) is 25.9. The number of esters is 2. The smallest absolute Gasteiger partial charge is 0.347 e. The molecule has 5 rings (SSSR count). The first-order chi connectivity index (χ1) is 17.1. The SMILES string of the molecule is CCOC(=O)[C@]1(C(=O)c2ccccc2)OC2(C(C)(C)C)C3(C(C)(C)C)C2(C(C)(C)C)C31C(=O)OC(C)(C)C. The van der Waals surface area contributed by atoms with Gasteiger partial charge in [0.15, 0.2) is 0 Å². The van der Waals surface area contributed by atoms with Crippen LogP contribution in [0.4, 0.5) is 0 Å². The van der Waals surface area contributed by atoms with E-state index in [1.165, 1.54) is 0 Å². The molecule has 2 aliphatic carbocycles. The molecule has 4 fully saturated rings. The second-order valence-electron chi connectivity index (χ2n) is 15.4. The fourth-order valence-corrected chi connectivity index (χ4v) is 9.47. The van der Waals surface area contributed by atoms with Crippen molar-refractivity contribution in [1.82, 2.24) is 0 Å². The largest absolute Gasteiger partial charge is 0.463 e. The van der Waals surface area contributed by atoms with Crippen LogP contribution in [-0.4, -0.2) is 41.1 Å². The Balaban J connectivity index is 2.21. The summed E-state index contributed by atoms with van der Waals surface area (Å²) in [7, 11) is 0. The van der Waals surface area contributed by atoms with Crippen LogP contribution in [0, 0.1) is 32.5 Å². The molecule has 6 nitrogen and oxygen atoms in total. The summed E-state index contributed by atoms with van der Waals surface area (Å²) >= 11 is 0. The van der Waals surface area contributed by atoms with Crippen LogP contribution in [0.3, 0.4) is 0 Å². The lowest BCUT2D eigenvalue weighted by atomic mass is 9.54. The first-order valence-electron chi connectivity index (χ1n) is 13.8. The van der Waals surface area contributed by atoms with Crippen molar-refractivity contribution in [3.8, 4) is 0 Å². The maximum absolute atomic E-state index is 14.8. The zero-order chi connectivity index (χ0) is 29.2. The predicted molar refractivity (Wildman–Crippen MR) is 145 cm³/mol. The number of ketones is 1. The molecule has 2 saturated heterocycles. The summed E-state index contributed by atoms with van der Waals surface area (Å²) in [6.07, 6.45) is 0. The van der Waals surface area contributed by atoms with Crippen LogP contribution in [0.15, 0.2) is 30.3 Å². The molecule has 4 aliphatic rings. The van der Waals surface area contributed by atoms with Gasteiger partial charge in [0.1, 0.15) is 11.0 Å². The summed E-state index contributed by atoms with van der Waals surface area (Å²) in [4.78, 5) is 43.9. The van der Waals surface area contributed by atoms with Gasteiger partial charge in [0, 0.05) is 16.4 Å². The molecule has 0 N–H and O–H groups in total. The van der Waals surface area contributed by atoms with Crippen molar-refractivity contribution in [2.75, 3.05) is 6.61 Å². The number of benzene rings is 1. The van der Waals surface area contributed by atoms with Gasteiger partial charge in [-0.15, -0.1) is 0 Å². The van der Waals surface area contributed by atoms with E-state index in [9.17, 15) is 14.4 Å². The zero-order valence-corrected chi connectivity index (χ0v) is 25.5. The van der Waals surface area contributed by atoms with Gasteiger partial charge in [-0.1, -0.05) is 92.6 Å². The third kappa shape index (κ3) is 2.57. The molecule has 0 radical (unpaired) electrons. The van der Waals surface area contributed by atoms with E-state index in [2.05, 4.69) is 62.3 Å². The minimum atomic E-state index is -2.19. The monoisotopic (exact) mass is 526 g/mol. The van der Waals surface area contributed by atoms with E-state index in [-0.39, 0.29) is 6.61 Å². The van der Waals surface area contributed by atoms with Crippen LogP contribution >= 0.6 is 0 Å². The number of hydrogen-bond donors (Lipinski definition) is 0. The first-order valence-corrected chi connectivity index (χ1v) is 13.8. The second-order valence-corrected chi connectivity index (χ2v) is 15.4.